The lowest BCUT2D eigenvalue weighted by molar-refractivity contribution is -0.118. The van der Waals surface area contributed by atoms with Crippen LogP contribution in [0.4, 0.5) is 5.69 Å². The van der Waals surface area contributed by atoms with E-state index in [1.165, 1.54) is 0 Å². The van der Waals surface area contributed by atoms with Crippen molar-refractivity contribution >= 4 is 17.5 Å². The number of benzene rings is 2. The number of hydrogen-bond donors (Lipinski definition) is 2. The Hall–Kier alpha value is -4.02. The summed E-state index contributed by atoms with van der Waals surface area (Å²) in [6, 6.07) is 17.2. The van der Waals surface area contributed by atoms with Crippen molar-refractivity contribution in [2.75, 3.05) is 24.5 Å². The lowest BCUT2D eigenvalue weighted by Crippen LogP contribution is -2.48. The normalized spacial score (nSPS) is 13.4. The smallest absolute Gasteiger partial charge is 0.251 e. The number of pyridine rings is 1. The van der Waals surface area contributed by atoms with Gasteiger partial charge < -0.3 is 15.5 Å². The van der Waals surface area contributed by atoms with Gasteiger partial charge in [0.25, 0.3) is 5.91 Å². The monoisotopic (exact) mass is 453 g/mol. The van der Waals surface area contributed by atoms with E-state index in [1.54, 1.807) is 23.2 Å². The summed E-state index contributed by atoms with van der Waals surface area (Å²) in [5.74, 6) is -0.308. The number of nitrogens with zero attached hydrogens (tertiary/aromatic N) is 3. The number of piperazine rings is 1. The zero-order valence-electron chi connectivity index (χ0n) is 19.4. The number of carbonyl (C=O) groups is 2. The zero-order valence-corrected chi connectivity index (χ0v) is 19.4. The standard InChI is InChI=1S/C27H27N5O2/c1-3-23-6-5-19(15-30-23)16-31-27(34)21-11-20(25-7-4-18(2)10-22(25)14-28)12-24(13-21)32-9-8-29-17-26(32)33/h4-7,10-13,15,29H,3,8-9,16-17H2,1-2H3,(H,31,34). The zero-order chi connectivity index (χ0) is 24.1. The molecule has 2 aromatic carbocycles. The van der Waals surface area contributed by atoms with Crippen LogP contribution in [0.2, 0.25) is 0 Å². The van der Waals surface area contributed by atoms with Crippen molar-refractivity contribution in [1.29, 1.82) is 5.26 Å². The lowest BCUT2D eigenvalue weighted by atomic mass is 9.96. The van der Waals surface area contributed by atoms with Gasteiger partial charge in [-0.2, -0.15) is 5.26 Å². The van der Waals surface area contributed by atoms with Gasteiger partial charge in [-0.25, -0.2) is 0 Å². The van der Waals surface area contributed by atoms with Crippen molar-refractivity contribution in [1.82, 2.24) is 15.6 Å². The van der Waals surface area contributed by atoms with Gasteiger partial charge in [0.2, 0.25) is 5.91 Å². The van der Waals surface area contributed by atoms with Gasteiger partial charge in [-0.15, -0.1) is 0 Å². The summed E-state index contributed by atoms with van der Waals surface area (Å²) in [5.41, 5.74) is 5.94. The number of nitriles is 1. The van der Waals surface area contributed by atoms with E-state index in [-0.39, 0.29) is 18.4 Å². The number of nitrogens with one attached hydrogen (secondary N) is 2. The second-order valence-corrected chi connectivity index (χ2v) is 8.35. The molecule has 2 amide bonds. The molecule has 4 rings (SSSR count). The fourth-order valence-corrected chi connectivity index (χ4v) is 3.99. The van der Waals surface area contributed by atoms with Crippen LogP contribution in [0.3, 0.4) is 0 Å². The van der Waals surface area contributed by atoms with E-state index in [0.29, 0.717) is 36.4 Å². The van der Waals surface area contributed by atoms with Gasteiger partial charge in [-0.1, -0.05) is 25.1 Å². The van der Waals surface area contributed by atoms with E-state index in [9.17, 15) is 14.9 Å². The van der Waals surface area contributed by atoms with Crippen LogP contribution in [0.5, 0.6) is 0 Å². The molecule has 7 nitrogen and oxygen atoms in total. The Labute approximate surface area is 199 Å². The summed E-state index contributed by atoms with van der Waals surface area (Å²) < 4.78 is 0. The number of amides is 2. The van der Waals surface area contributed by atoms with Gasteiger partial charge >= 0.3 is 0 Å². The number of carbonyl (C=O) groups excluding carboxylic acids is 2. The molecule has 1 aromatic heterocycles. The molecule has 0 spiro atoms. The first-order valence-corrected chi connectivity index (χ1v) is 11.4. The number of anilines is 1. The Bertz CT molecular complexity index is 1260. The third kappa shape index (κ3) is 5.13. The highest BCUT2D eigenvalue weighted by atomic mass is 16.2. The van der Waals surface area contributed by atoms with E-state index < -0.39 is 0 Å². The predicted octanol–water partition coefficient (Wildman–Crippen LogP) is 3.36. The van der Waals surface area contributed by atoms with Crippen molar-refractivity contribution in [3.8, 4) is 17.2 Å². The second kappa shape index (κ2) is 10.3. The third-order valence-corrected chi connectivity index (χ3v) is 5.89. The summed E-state index contributed by atoms with van der Waals surface area (Å²) in [7, 11) is 0. The number of aryl methyl sites for hydroxylation is 2. The highest BCUT2D eigenvalue weighted by Gasteiger charge is 2.22. The molecule has 0 atom stereocenters. The van der Waals surface area contributed by atoms with Crippen molar-refractivity contribution in [3.63, 3.8) is 0 Å². The van der Waals surface area contributed by atoms with Gasteiger partial charge in [0.05, 0.1) is 18.2 Å². The summed E-state index contributed by atoms with van der Waals surface area (Å²) in [5, 5.41) is 15.7. The largest absolute Gasteiger partial charge is 0.348 e. The van der Waals surface area contributed by atoms with Crippen LogP contribution >= 0.6 is 0 Å². The van der Waals surface area contributed by atoms with E-state index >= 15 is 0 Å². The molecule has 0 saturated carbocycles. The Morgan fingerprint density at radius 1 is 1.21 bits per heavy atom. The van der Waals surface area contributed by atoms with Crippen LogP contribution in [0, 0.1) is 18.3 Å². The predicted molar refractivity (Wildman–Crippen MR) is 131 cm³/mol. The molecule has 0 bridgehead atoms. The first-order valence-electron chi connectivity index (χ1n) is 11.4. The first-order chi connectivity index (χ1) is 16.5. The van der Waals surface area contributed by atoms with Gasteiger partial charge in [0.15, 0.2) is 0 Å². The summed E-state index contributed by atoms with van der Waals surface area (Å²) in [6.07, 6.45) is 2.63. The summed E-state index contributed by atoms with van der Waals surface area (Å²) >= 11 is 0. The molecular weight excluding hydrogens is 426 g/mol. The van der Waals surface area contributed by atoms with Crippen LogP contribution in [-0.4, -0.2) is 36.4 Å². The molecule has 3 aromatic rings. The van der Waals surface area contributed by atoms with Gasteiger partial charge in [-0.05, 0) is 65.9 Å². The maximum atomic E-state index is 13.1. The quantitative estimate of drug-likeness (QED) is 0.596. The fourth-order valence-electron chi connectivity index (χ4n) is 3.99. The molecule has 1 fully saturated rings. The van der Waals surface area contributed by atoms with Gasteiger partial charge in [0, 0.05) is 42.8 Å². The van der Waals surface area contributed by atoms with E-state index in [2.05, 4.69) is 21.7 Å². The number of aromatic nitrogens is 1. The van der Waals surface area contributed by atoms with Crippen LogP contribution in [0.15, 0.2) is 54.7 Å². The molecule has 2 N–H and O–H groups in total. The third-order valence-electron chi connectivity index (χ3n) is 5.89. The molecule has 0 radical (unpaired) electrons. The van der Waals surface area contributed by atoms with Gasteiger partial charge in [0.1, 0.15) is 0 Å². The Kier molecular flexibility index (Phi) is 7.00. The Balaban J connectivity index is 1.68. The maximum absolute atomic E-state index is 13.1. The molecule has 0 unspecified atom stereocenters. The van der Waals surface area contributed by atoms with Crippen LogP contribution in [0.25, 0.3) is 11.1 Å². The van der Waals surface area contributed by atoms with E-state index in [0.717, 1.165) is 34.4 Å². The highest BCUT2D eigenvalue weighted by Crippen LogP contribution is 2.30. The summed E-state index contributed by atoms with van der Waals surface area (Å²) in [4.78, 5) is 31.8. The van der Waals surface area contributed by atoms with Crippen molar-refractivity contribution in [3.05, 3.63) is 82.7 Å². The lowest BCUT2D eigenvalue weighted by Gasteiger charge is -2.28. The van der Waals surface area contributed by atoms with Crippen molar-refractivity contribution < 1.29 is 9.59 Å². The van der Waals surface area contributed by atoms with Crippen LogP contribution < -0.4 is 15.5 Å². The van der Waals surface area contributed by atoms with Crippen LogP contribution in [-0.2, 0) is 17.8 Å². The Morgan fingerprint density at radius 2 is 2.06 bits per heavy atom. The molecule has 2 heterocycles. The number of rotatable bonds is 6. The molecule has 0 aliphatic carbocycles. The summed E-state index contributed by atoms with van der Waals surface area (Å²) in [6.45, 7) is 5.75. The minimum atomic E-state index is -0.254. The van der Waals surface area contributed by atoms with Crippen LogP contribution in [0.1, 0.15) is 39.7 Å². The Morgan fingerprint density at radius 3 is 2.76 bits per heavy atom. The molecule has 1 aliphatic rings. The second-order valence-electron chi connectivity index (χ2n) is 8.35. The topological polar surface area (TPSA) is 98.1 Å². The molecule has 172 valence electrons. The molecule has 34 heavy (non-hydrogen) atoms. The molecule has 7 heteroatoms. The number of hydrogen-bond acceptors (Lipinski definition) is 5. The van der Waals surface area contributed by atoms with E-state index in [1.807, 2.05) is 50.2 Å². The molecule has 1 aliphatic heterocycles. The maximum Gasteiger partial charge on any atom is 0.251 e. The van der Waals surface area contributed by atoms with Crippen molar-refractivity contribution in [2.45, 2.75) is 26.8 Å². The molecular formula is C27H27N5O2. The van der Waals surface area contributed by atoms with Gasteiger partial charge in [-0.3, -0.25) is 14.6 Å². The fraction of sp³-hybridized carbons (Fsp3) is 0.259. The van der Waals surface area contributed by atoms with E-state index in [4.69, 9.17) is 0 Å². The minimum absolute atomic E-state index is 0.0544. The highest BCUT2D eigenvalue weighted by molar-refractivity contribution is 6.01. The molecule has 1 saturated heterocycles. The SMILES string of the molecule is CCc1ccc(CNC(=O)c2cc(-c3ccc(C)cc3C#N)cc(N3CCNCC3=O)c2)cn1. The first kappa shape index (κ1) is 23.1. The average Bonchev–Trinajstić information content (AvgIpc) is 2.87. The minimum Gasteiger partial charge on any atom is -0.348 e. The average molecular weight is 454 g/mol. The van der Waals surface area contributed by atoms with Crippen molar-refractivity contribution in [2.24, 2.45) is 0 Å².